The van der Waals surface area contributed by atoms with Crippen LogP contribution in [0.25, 0.3) is 0 Å². The third kappa shape index (κ3) is 6.25. The summed E-state index contributed by atoms with van der Waals surface area (Å²) in [7, 11) is 1.69. The molecule has 3 aromatic rings. The zero-order valence-corrected chi connectivity index (χ0v) is 20.4. The highest BCUT2D eigenvalue weighted by Gasteiger charge is 2.25. The molecule has 1 heterocycles. The van der Waals surface area contributed by atoms with Crippen molar-refractivity contribution in [2.75, 3.05) is 39.8 Å². The van der Waals surface area contributed by atoms with Crippen molar-refractivity contribution in [3.63, 3.8) is 0 Å². The zero-order chi connectivity index (χ0) is 23.9. The Morgan fingerprint density at radius 2 is 1.62 bits per heavy atom. The fourth-order valence-electron chi connectivity index (χ4n) is 4.31. The van der Waals surface area contributed by atoms with E-state index >= 15 is 0 Å². The number of rotatable bonds is 8. The Morgan fingerprint density at radius 3 is 2.32 bits per heavy atom. The van der Waals surface area contributed by atoms with E-state index < -0.39 is 0 Å². The van der Waals surface area contributed by atoms with E-state index in [0.717, 1.165) is 60.7 Å². The van der Waals surface area contributed by atoms with E-state index in [1.807, 2.05) is 48.2 Å². The van der Waals surface area contributed by atoms with Crippen LogP contribution in [-0.4, -0.2) is 55.5 Å². The first-order valence-corrected chi connectivity index (χ1v) is 11.9. The van der Waals surface area contributed by atoms with Gasteiger partial charge in [0, 0.05) is 38.3 Å². The Kier molecular flexibility index (Phi) is 7.99. The van der Waals surface area contributed by atoms with Crippen LogP contribution in [0.1, 0.15) is 38.7 Å². The number of amides is 1. The first-order chi connectivity index (χ1) is 16.5. The fourth-order valence-corrected chi connectivity index (χ4v) is 4.31. The number of nitrogens with zero attached hydrogens (tertiary/aromatic N) is 2. The number of hydrogen-bond acceptors (Lipinski definition) is 4. The molecule has 5 nitrogen and oxygen atoms in total. The molecule has 0 bridgehead atoms. The number of aryl methyl sites for hydroxylation is 2. The van der Waals surface area contributed by atoms with E-state index in [2.05, 4.69) is 48.2 Å². The second kappa shape index (κ2) is 11.3. The molecule has 0 unspecified atom stereocenters. The summed E-state index contributed by atoms with van der Waals surface area (Å²) in [6.45, 7) is 8.51. The number of methoxy groups -OCH3 is 1. The molecule has 5 heteroatoms. The van der Waals surface area contributed by atoms with Gasteiger partial charge in [-0.25, -0.2) is 0 Å². The average molecular weight is 459 g/mol. The van der Waals surface area contributed by atoms with Crippen LogP contribution in [0.2, 0.25) is 0 Å². The van der Waals surface area contributed by atoms with E-state index in [1.165, 1.54) is 5.56 Å². The minimum atomic E-state index is -0.0876. The minimum Gasteiger partial charge on any atom is -0.497 e. The van der Waals surface area contributed by atoms with Crippen LogP contribution in [0.15, 0.2) is 72.8 Å². The molecule has 1 aliphatic rings. The van der Waals surface area contributed by atoms with Crippen molar-refractivity contribution in [3.05, 3.63) is 101 Å². The lowest BCUT2D eigenvalue weighted by Crippen LogP contribution is -2.49. The zero-order valence-electron chi connectivity index (χ0n) is 20.4. The molecule has 1 atom stereocenters. The second-order valence-corrected chi connectivity index (χ2v) is 9.02. The van der Waals surface area contributed by atoms with Gasteiger partial charge < -0.3 is 14.4 Å². The summed E-state index contributed by atoms with van der Waals surface area (Å²) in [4.78, 5) is 17.3. The van der Waals surface area contributed by atoms with Gasteiger partial charge in [0.1, 0.15) is 5.75 Å². The molecule has 0 aliphatic carbocycles. The Labute approximate surface area is 202 Å². The highest BCUT2D eigenvalue weighted by Crippen LogP contribution is 2.25. The van der Waals surface area contributed by atoms with Crippen LogP contribution in [0, 0.1) is 13.8 Å². The maximum absolute atomic E-state index is 12.9. The molecule has 1 saturated heterocycles. The molecule has 1 fully saturated rings. The number of piperazine rings is 1. The summed E-state index contributed by atoms with van der Waals surface area (Å²) in [6.07, 6.45) is -0.0876. The highest BCUT2D eigenvalue weighted by molar-refractivity contribution is 5.94. The third-order valence-electron chi connectivity index (χ3n) is 6.39. The molecule has 178 valence electrons. The Hall–Kier alpha value is -3.15. The monoisotopic (exact) mass is 458 g/mol. The molecular weight excluding hydrogens is 424 g/mol. The summed E-state index contributed by atoms with van der Waals surface area (Å²) < 4.78 is 11.9. The summed E-state index contributed by atoms with van der Waals surface area (Å²) in [5.74, 6) is 0.943. The molecular formula is C29H34N2O3. The maximum Gasteiger partial charge on any atom is 0.253 e. The summed E-state index contributed by atoms with van der Waals surface area (Å²) >= 11 is 0. The van der Waals surface area contributed by atoms with Gasteiger partial charge in [-0.1, -0.05) is 59.7 Å². The molecule has 0 saturated carbocycles. The molecule has 0 spiro atoms. The van der Waals surface area contributed by atoms with Crippen molar-refractivity contribution in [1.82, 2.24) is 9.80 Å². The SMILES string of the molecule is COc1cccc([C@H](CN2CCN(C(=O)c3cccc(C)c3)CC2)OCc2ccc(C)cc2)c1. The quantitative estimate of drug-likeness (QED) is 0.475. The van der Waals surface area contributed by atoms with Gasteiger partial charge in [0.2, 0.25) is 0 Å². The fraction of sp³-hybridized carbons (Fsp3) is 0.345. The molecule has 1 aliphatic heterocycles. The molecule has 0 aromatic heterocycles. The minimum absolute atomic E-state index is 0.0876. The van der Waals surface area contributed by atoms with Crippen LogP contribution >= 0.6 is 0 Å². The smallest absolute Gasteiger partial charge is 0.253 e. The Balaban J connectivity index is 1.40. The van der Waals surface area contributed by atoms with Gasteiger partial charge in [0.25, 0.3) is 5.91 Å². The lowest BCUT2D eigenvalue weighted by Gasteiger charge is -2.36. The van der Waals surface area contributed by atoms with Crippen molar-refractivity contribution in [1.29, 1.82) is 0 Å². The normalized spacial score (nSPS) is 15.2. The van der Waals surface area contributed by atoms with E-state index in [-0.39, 0.29) is 12.0 Å². The summed E-state index contributed by atoms with van der Waals surface area (Å²) in [6, 6.07) is 24.4. The van der Waals surface area contributed by atoms with Crippen molar-refractivity contribution >= 4 is 5.91 Å². The van der Waals surface area contributed by atoms with E-state index in [9.17, 15) is 4.79 Å². The van der Waals surface area contributed by atoms with Crippen LogP contribution in [0.5, 0.6) is 5.75 Å². The van der Waals surface area contributed by atoms with E-state index in [0.29, 0.717) is 6.61 Å². The number of carbonyl (C=O) groups excluding carboxylic acids is 1. The number of benzene rings is 3. The topological polar surface area (TPSA) is 42.0 Å². The molecule has 3 aromatic carbocycles. The van der Waals surface area contributed by atoms with Gasteiger partial charge in [0.15, 0.2) is 0 Å². The molecule has 0 N–H and O–H groups in total. The van der Waals surface area contributed by atoms with Crippen LogP contribution in [0.4, 0.5) is 0 Å². The van der Waals surface area contributed by atoms with Crippen molar-refractivity contribution in [2.24, 2.45) is 0 Å². The van der Waals surface area contributed by atoms with Crippen molar-refractivity contribution in [3.8, 4) is 5.75 Å². The maximum atomic E-state index is 12.9. The predicted molar refractivity (Wildman–Crippen MR) is 135 cm³/mol. The second-order valence-electron chi connectivity index (χ2n) is 9.02. The van der Waals surface area contributed by atoms with Crippen LogP contribution < -0.4 is 4.74 Å². The lowest BCUT2D eigenvalue weighted by molar-refractivity contribution is 0.00333. The van der Waals surface area contributed by atoms with Gasteiger partial charge in [-0.2, -0.15) is 0 Å². The van der Waals surface area contributed by atoms with Gasteiger partial charge in [-0.05, 0) is 49.2 Å². The van der Waals surface area contributed by atoms with Crippen LogP contribution in [-0.2, 0) is 11.3 Å². The van der Waals surface area contributed by atoms with Gasteiger partial charge >= 0.3 is 0 Å². The first kappa shape index (κ1) is 24.0. The largest absolute Gasteiger partial charge is 0.497 e. The summed E-state index contributed by atoms with van der Waals surface area (Å²) in [5, 5.41) is 0. The number of hydrogen-bond donors (Lipinski definition) is 0. The highest BCUT2D eigenvalue weighted by atomic mass is 16.5. The van der Waals surface area contributed by atoms with Crippen molar-refractivity contribution in [2.45, 2.75) is 26.6 Å². The first-order valence-electron chi connectivity index (χ1n) is 11.9. The Morgan fingerprint density at radius 1 is 0.882 bits per heavy atom. The van der Waals surface area contributed by atoms with Crippen LogP contribution in [0.3, 0.4) is 0 Å². The van der Waals surface area contributed by atoms with Crippen molar-refractivity contribution < 1.29 is 14.3 Å². The summed E-state index contributed by atoms with van der Waals surface area (Å²) in [5.41, 5.74) is 5.38. The third-order valence-corrected chi connectivity index (χ3v) is 6.39. The molecule has 4 rings (SSSR count). The van der Waals surface area contributed by atoms with Gasteiger partial charge in [-0.15, -0.1) is 0 Å². The molecule has 34 heavy (non-hydrogen) atoms. The standard InChI is InChI=1S/C29H34N2O3/c1-22-10-12-24(13-11-22)21-34-28(25-7-5-9-27(19-25)33-3)20-30-14-16-31(17-15-30)29(32)26-8-4-6-23(2)18-26/h4-13,18-19,28H,14-17,20-21H2,1-3H3/t28-/m0/s1. The number of carbonyl (C=O) groups is 1. The lowest BCUT2D eigenvalue weighted by atomic mass is 10.1. The number of ether oxygens (including phenoxy) is 2. The molecule has 1 amide bonds. The Bertz CT molecular complexity index is 1090. The molecule has 0 radical (unpaired) electrons. The van der Waals surface area contributed by atoms with E-state index in [4.69, 9.17) is 9.47 Å². The van der Waals surface area contributed by atoms with Gasteiger partial charge in [0.05, 0.1) is 19.8 Å². The predicted octanol–water partition coefficient (Wildman–Crippen LogP) is 5.03. The van der Waals surface area contributed by atoms with E-state index in [1.54, 1.807) is 7.11 Å². The van der Waals surface area contributed by atoms with Gasteiger partial charge in [-0.3, -0.25) is 9.69 Å². The average Bonchev–Trinajstić information content (AvgIpc) is 2.87.